The van der Waals surface area contributed by atoms with Crippen molar-refractivity contribution in [2.45, 2.75) is 26.0 Å². The third kappa shape index (κ3) is 3.54. The van der Waals surface area contributed by atoms with Gasteiger partial charge >= 0.3 is 0 Å². The molecule has 2 heterocycles. The Bertz CT molecular complexity index is 674. The standard InChI is InChI=1S/C17H22FN3O2/c1-11-6-13(20-19-11)7-12-8-21(10-16(12)22)9-14-15(18)4-3-5-17(14)23-2/h3-6,12,16,22H,7-10H2,1-2H3,(H,19,20)/t12-,16-/m1/s1. The van der Waals surface area contributed by atoms with Crippen molar-refractivity contribution < 1.29 is 14.2 Å². The molecule has 3 rings (SSSR count). The Morgan fingerprint density at radius 3 is 2.96 bits per heavy atom. The zero-order valence-corrected chi connectivity index (χ0v) is 13.4. The summed E-state index contributed by atoms with van der Waals surface area (Å²) in [5.41, 5.74) is 2.51. The van der Waals surface area contributed by atoms with Crippen LogP contribution >= 0.6 is 0 Å². The van der Waals surface area contributed by atoms with Gasteiger partial charge in [0.15, 0.2) is 0 Å². The average Bonchev–Trinajstić information content (AvgIpc) is 3.08. The summed E-state index contributed by atoms with van der Waals surface area (Å²) in [4.78, 5) is 2.07. The first-order valence-corrected chi connectivity index (χ1v) is 7.79. The normalized spacial score (nSPS) is 21.7. The first-order valence-electron chi connectivity index (χ1n) is 7.79. The van der Waals surface area contributed by atoms with E-state index in [1.807, 2.05) is 13.0 Å². The summed E-state index contributed by atoms with van der Waals surface area (Å²) in [6.07, 6.45) is 0.293. The summed E-state index contributed by atoms with van der Waals surface area (Å²) in [6.45, 7) is 3.64. The van der Waals surface area contributed by atoms with Crippen molar-refractivity contribution in [3.05, 3.63) is 47.0 Å². The number of H-pyrrole nitrogens is 1. The number of nitrogens with one attached hydrogen (secondary N) is 1. The van der Waals surface area contributed by atoms with E-state index in [-0.39, 0.29) is 11.7 Å². The van der Waals surface area contributed by atoms with Gasteiger partial charge in [-0.15, -0.1) is 0 Å². The van der Waals surface area contributed by atoms with Crippen LogP contribution in [0.3, 0.4) is 0 Å². The van der Waals surface area contributed by atoms with E-state index >= 15 is 0 Å². The number of aromatic nitrogens is 2. The monoisotopic (exact) mass is 319 g/mol. The molecule has 2 aromatic rings. The summed E-state index contributed by atoms with van der Waals surface area (Å²) in [5.74, 6) is 0.381. The third-order valence-corrected chi connectivity index (χ3v) is 4.39. The molecular formula is C17H22FN3O2. The maximum Gasteiger partial charge on any atom is 0.131 e. The second-order valence-electron chi connectivity index (χ2n) is 6.19. The van der Waals surface area contributed by atoms with Crippen molar-refractivity contribution >= 4 is 0 Å². The molecule has 0 bridgehead atoms. The summed E-state index contributed by atoms with van der Waals surface area (Å²) in [5, 5.41) is 17.4. The molecule has 1 aliphatic rings. The molecular weight excluding hydrogens is 297 g/mol. The number of hydrogen-bond acceptors (Lipinski definition) is 4. The van der Waals surface area contributed by atoms with E-state index in [0.29, 0.717) is 30.9 Å². The summed E-state index contributed by atoms with van der Waals surface area (Å²) in [6, 6.07) is 6.83. The number of nitrogens with zero attached hydrogens (tertiary/aromatic N) is 2. The highest BCUT2D eigenvalue weighted by molar-refractivity contribution is 5.34. The van der Waals surface area contributed by atoms with E-state index in [0.717, 1.165) is 17.8 Å². The number of benzene rings is 1. The van der Waals surface area contributed by atoms with Crippen molar-refractivity contribution in [2.24, 2.45) is 5.92 Å². The lowest BCUT2D eigenvalue weighted by atomic mass is 10.0. The lowest BCUT2D eigenvalue weighted by Crippen LogP contribution is -2.22. The quantitative estimate of drug-likeness (QED) is 0.884. The molecule has 1 saturated heterocycles. The van der Waals surface area contributed by atoms with Gasteiger partial charge in [-0.25, -0.2) is 4.39 Å². The summed E-state index contributed by atoms with van der Waals surface area (Å²) < 4.78 is 19.3. The van der Waals surface area contributed by atoms with Gasteiger partial charge in [0.05, 0.1) is 18.9 Å². The number of aliphatic hydroxyl groups is 1. The molecule has 5 nitrogen and oxygen atoms in total. The van der Waals surface area contributed by atoms with Crippen LogP contribution in [0.15, 0.2) is 24.3 Å². The van der Waals surface area contributed by atoms with Gasteiger partial charge in [-0.05, 0) is 31.5 Å². The van der Waals surface area contributed by atoms with Crippen LogP contribution in [0.25, 0.3) is 0 Å². The maximum atomic E-state index is 14.1. The number of aliphatic hydroxyl groups excluding tert-OH is 1. The van der Waals surface area contributed by atoms with Crippen molar-refractivity contribution in [3.63, 3.8) is 0 Å². The number of hydrogen-bond donors (Lipinski definition) is 2. The van der Waals surface area contributed by atoms with E-state index in [9.17, 15) is 9.50 Å². The second-order valence-corrected chi connectivity index (χ2v) is 6.19. The van der Waals surface area contributed by atoms with Gasteiger partial charge in [0.2, 0.25) is 0 Å². The minimum atomic E-state index is -0.426. The number of likely N-dealkylation sites (tertiary alicyclic amines) is 1. The largest absolute Gasteiger partial charge is 0.496 e. The fourth-order valence-corrected chi connectivity index (χ4v) is 3.23. The minimum absolute atomic E-state index is 0.107. The van der Waals surface area contributed by atoms with Crippen LogP contribution in [0.5, 0.6) is 5.75 Å². The first kappa shape index (κ1) is 16.0. The van der Waals surface area contributed by atoms with Crippen LogP contribution in [0.4, 0.5) is 4.39 Å². The van der Waals surface area contributed by atoms with Crippen molar-refractivity contribution in [1.82, 2.24) is 15.1 Å². The van der Waals surface area contributed by atoms with Crippen LogP contribution in [-0.4, -0.2) is 46.5 Å². The third-order valence-electron chi connectivity index (χ3n) is 4.39. The van der Waals surface area contributed by atoms with Crippen molar-refractivity contribution in [2.75, 3.05) is 20.2 Å². The van der Waals surface area contributed by atoms with Gasteiger partial charge in [-0.1, -0.05) is 6.07 Å². The predicted octanol–water partition coefficient (Wildman–Crippen LogP) is 1.90. The zero-order chi connectivity index (χ0) is 16.4. The van der Waals surface area contributed by atoms with Crippen molar-refractivity contribution in [1.29, 1.82) is 0 Å². The van der Waals surface area contributed by atoms with Gasteiger partial charge < -0.3 is 9.84 Å². The fraction of sp³-hybridized carbons (Fsp3) is 0.471. The Labute approximate surface area is 135 Å². The number of halogens is 1. The number of aryl methyl sites for hydroxylation is 1. The molecule has 124 valence electrons. The Hall–Kier alpha value is -1.92. The van der Waals surface area contributed by atoms with Crippen molar-refractivity contribution in [3.8, 4) is 5.75 Å². The van der Waals surface area contributed by atoms with E-state index in [1.165, 1.54) is 6.07 Å². The predicted molar refractivity (Wildman–Crippen MR) is 84.8 cm³/mol. The van der Waals surface area contributed by atoms with Gasteiger partial charge in [0, 0.05) is 36.8 Å². The van der Waals surface area contributed by atoms with Gasteiger partial charge in [0.25, 0.3) is 0 Å². The van der Waals surface area contributed by atoms with Crippen LogP contribution in [0, 0.1) is 18.7 Å². The van der Waals surface area contributed by atoms with E-state index in [1.54, 1.807) is 19.2 Å². The van der Waals surface area contributed by atoms with Gasteiger partial charge in [-0.3, -0.25) is 10.00 Å². The highest BCUT2D eigenvalue weighted by atomic mass is 19.1. The molecule has 0 aliphatic carbocycles. The summed E-state index contributed by atoms with van der Waals surface area (Å²) in [7, 11) is 1.54. The fourth-order valence-electron chi connectivity index (χ4n) is 3.23. The highest BCUT2D eigenvalue weighted by Gasteiger charge is 2.32. The molecule has 0 saturated carbocycles. The lowest BCUT2D eigenvalue weighted by molar-refractivity contribution is 0.140. The lowest BCUT2D eigenvalue weighted by Gasteiger charge is -2.18. The number of aromatic amines is 1. The Balaban J connectivity index is 1.67. The molecule has 1 aromatic heterocycles. The molecule has 0 spiro atoms. The highest BCUT2D eigenvalue weighted by Crippen LogP contribution is 2.27. The molecule has 23 heavy (non-hydrogen) atoms. The maximum absolute atomic E-state index is 14.1. The summed E-state index contributed by atoms with van der Waals surface area (Å²) >= 11 is 0. The van der Waals surface area contributed by atoms with Crippen LogP contribution in [0.2, 0.25) is 0 Å². The molecule has 0 amide bonds. The molecule has 2 atom stereocenters. The molecule has 2 N–H and O–H groups in total. The topological polar surface area (TPSA) is 61.4 Å². The van der Waals surface area contributed by atoms with Crippen LogP contribution in [-0.2, 0) is 13.0 Å². The minimum Gasteiger partial charge on any atom is -0.496 e. The van der Waals surface area contributed by atoms with Gasteiger partial charge in [-0.2, -0.15) is 5.10 Å². The Morgan fingerprint density at radius 1 is 1.43 bits per heavy atom. The van der Waals surface area contributed by atoms with E-state index < -0.39 is 6.10 Å². The average molecular weight is 319 g/mol. The Morgan fingerprint density at radius 2 is 2.26 bits per heavy atom. The smallest absolute Gasteiger partial charge is 0.131 e. The molecule has 1 aliphatic heterocycles. The van der Waals surface area contributed by atoms with E-state index in [4.69, 9.17) is 4.74 Å². The zero-order valence-electron chi connectivity index (χ0n) is 13.4. The molecule has 6 heteroatoms. The molecule has 0 radical (unpaired) electrons. The number of ether oxygens (including phenoxy) is 1. The first-order chi connectivity index (χ1) is 11.1. The molecule has 1 aromatic carbocycles. The second kappa shape index (κ2) is 6.68. The van der Waals surface area contributed by atoms with E-state index in [2.05, 4.69) is 15.1 Å². The SMILES string of the molecule is COc1cccc(F)c1CN1C[C@@H](Cc2cc(C)[nH]n2)[C@H](O)C1. The van der Waals surface area contributed by atoms with Gasteiger partial charge in [0.1, 0.15) is 11.6 Å². The van der Waals surface area contributed by atoms with Crippen LogP contribution in [0.1, 0.15) is 17.0 Å². The molecule has 0 unspecified atom stereocenters. The number of β-amino-alcohol motifs (C(OH)–C–C–N with tert-alkyl or cyclic N) is 1. The number of methoxy groups -OCH3 is 1. The van der Waals surface area contributed by atoms with Crippen LogP contribution < -0.4 is 4.74 Å². The molecule has 1 fully saturated rings. The number of rotatable bonds is 5. The Kier molecular flexibility index (Phi) is 4.63.